The van der Waals surface area contributed by atoms with Crippen LogP contribution in [0, 0.1) is 11.6 Å². The molecule has 198 valence electrons. The molecule has 1 aromatic heterocycles. The lowest BCUT2D eigenvalue weighted by Gasteiger charge is -2.35. The number of benzene rings is 2. The Morgan fingerprint density at radius 1 is 1.16 bits per heavy atom. The number of aliphatic hydroxyl groups is 1. The molecule has 14 heteroatoms. The van der Waals surface area contributed by atoms with Crippen molar-refractivity contribution < 1.29 is 36.6 Å². The van der Waals surface area contributed by atoms with Gasteiger partial charge in [0, 0.05) is 6.54 Å². The summed E-state index contributed by atoms with van der Waals surface area (Å²) in [5.41, 5.74) is 1.60. The van der Waals surface area contributed by atoms with Gasteiger partial charge >= 0.3 is 6.18 Å². The Kier molecular flexibility index (Phi) is 8.08. The van der Waals surface area contributed by atoms with Gasteiger partial charge in [0.25, 0.3) is 11.8 Å². The fourth-order valence-corrected chi connectivity index (χ4v) is 3.64. The highest BCUT2D eigenvalue weighted by Gasteiger charge is 2.55. The number of likely N-dealkylation sites (N-methyl/N-ethyl adjacent to an activating group) is 1. The third-order valence-corrected chi connectivity index (χ3v) is 5.80. The van der Waals surface area contributed by atoms with E-state index in [4.69, 9.17) is 17.3 Å². The lowest BCUT2D eigenvalue weighted by Crippen LogP contribution is -2.60. The van der Waals surface area contributed by atoms with Crippen LogP contribution >= 0.6 is 11.6 Å². The maximum absolute atomic E-state index is 14.2. The van der Waals surface area contributed by atoms with Crippen molar-refractivity contribution in [1.82, 2.24) is 20.0 Å². The second-order valence-corrected chi connectivity index (χ2v) is 8.37. The van der Waals surface area contributed by atoms with Gasteiger partial charge in [-0.25, -0.2) is 13.5 Å². The van der Waals surface area contributed by atoms with E-state index >= 15 is 0 Å². The van der Waals surface area contributed by atoms with Crippen molar-refractivity contribution >= 4 is 29.2 Å². The Morgan fingerprint density at radius 2 is 1.81 bits per heavy atom. The molecule has 2 aromatic carbocycles. The lowest BCUT2D eigenvalue weighted by atomic mass is 10.0. The van der Waals surface area contributed by atoms with Crippen LogP contribution in [0.25, 0.3) is 5.69 Å². The largest absolute Gasteiger partial charge is 0.420 e. The van der Waals surface area contributed by atoms with Gasteiger partial charge < -0.3 is 21.1 Å². The van der Waals surface area contributed by atoms with E-state index in [-0.39, 0.29) is 28.6 Å². The van der Waals surface area contributed by atoms with Crippen LogP contribution in [0.15, 0.2) is 48.7 Å². The Labute approximate surface area is 212 Å². The SMILES string of the molecule is CCN(CC(O)(CNC(=O)c1cnn(-c2ccc(F)cc2)c1N)C(F)(F)F)C(=O)c1c(F)cccc1Cl. The third kappa shape index (κ3) is 5.83. The predicted octanol–water partition coefficient (Wildman–Crippen LogP) is 3.57. The van der Waals surface area contributed by atoms with Gasteiger partial charge in [-0.05, 0) is 43.3 Å². The minimum Gasteiger partial charge on any atom is -0.383 e. The van der Waals surface area contributed by atoms with E-state index in [1.807, 2.05) is 5.32 Å². The number of nitrogens with zero attached hydrogens (tertiary/aromatic N) is 3. The molecule has 37 heavy (non-hydrogen) atoms. The molecule has 0 spiro atoms. The van der Waals surface area contributed by atoms with E-state index < -0.39 is 53.9 Å². The molecule has 1 heterocycles. The number of carbonyl (C=O) groups excluding carboxylic acids is 2. The van der Waals surface area contributed by atoms with Crippen molar-refractivity contribution in [3.05, 3.63) is 76.4 Å². The van der Waals surface area contributed by atoms with Crippen LogP contribution in [0.2, 0.25) is 5.02 Å². The number of alkyl halides is 3. The number of hydrogen-bond acceptors (Lipinski definition) is 5. The summed E-state index contributed by atoms with van der Waals surface area (Å²) in [6.07, 6.45) is -4.32. The quantitative estimate of drug-likeness (QED) is 0.375. The first-order valence-corrected chi connectivity index (χ1v) is 11.1. The molecule has 0 aliphatic rings. The number of nitrogens with two attached hydrogens (primary N) is 1. The number of aromatic nitrogens is 2. The normalized spacial score (nSPS) is 13.2. The maximum atomic E-state index is 14.2. The zero-order chi connectivity index (χ0) is 27.5. The molecule has 3 rings (SSSR count). The first-order valence-electron chi connectivity index (χ1n) is 10.7. The summed E-state index contributed by atoms with van der Waals surface area (Å²) >= 11 is 5.86. The lowest BCUT2D eigenvalue weighted by molar-refractivity contribution is -0.259. The van der Waals surface area contributed by atoms with Crippen molar-refractivity contribution in [3.63, 3.8) is 0 Å². The van der Waals surface area contributed by atoms with Gasteiger partial charge in [0.15, 0.2) is 5.60 Å². The Hall–Kier alpha value is -3.71. The van der Waals surface area contributed by atoms with E-state index in [1.54, 1.807) is 0 Å². The first-order chi connectivity index (χ1) is 17.3. The average molecular weight is 546 g/mol. The molecule has 3 aromatic rings. The minimum atomic E-state index is -5.31. The zero-order valence-electron chi connectivity index (χ0n) is 19.2. The zero-order valence-corrected chi connectivity index (χ0v) is 19.9. The molecule has 0 saturated carbocycles. The highest BCUT2D eigenvalue weighted by atomic mass is 35.5. The van der Waals surface area contributed by atoms with Crippen LogP contribution in [0.5, 0.6) is 0 Å². The summed E-state index contributed by atoms with van der Waals surface area (Å²) in [6.45, 7) is -1.72. The fraction of sp³-hybridized carbons (Fsp3) is 0.261. The van der Waals surface area contributed by atoms with Crippen molar-refractivity contribution in [1.29, 1.82) is 0 Å². The Balaban J connectivity index is 1.81. The number of hydrogen-bond donors (Lipinski definition) is 3. The number of nitrogen functional groups attached to an aromatic ring is 1. The van der Waals surface area contributed by atoms with E-state index in [2.05, 4.69) is 5.10 Å². The molecule has 4 N–H and O–H groups in total. The molecule has 0 fully saturated rings. The van der Waals surface area contributed by atoms with Gasteiger partial charge in [0.2, 0.25) is 0 Å². The molecular weight excluding hydrogens is 525 g/mol. The van der Waals surface area contributed by atoms with Crippen LogP contribution in [-0.4, -0.2) is 63.0 Å². The number of rotatable bonds is 8. The van der Waals surface area contributed by atoms with Crippen LogP contribution in [0.4, 0.5) is 27.8 Å². The number of halogens is 6. The number of nitrogens with one attached hydrogen (secondary N) is 1. The van der Waals surface area contributed by atoms with Crippen LogP contribution in [-0.2, 0) is 0 Å². The summed E-state index contributed by atoms with van der Waals surface area (Å²) in [5.74, 6) is -4.10. The minimum absolute atomic E-state index is 0.251. The summed E-state index contributed by atoms with van der Waals surface area (Å²) < 4.78 is 70.1. The number of carbonyl (C=O) groups is 2. The molecule has 0 saturated heterocycles. The summed E-state index contributed by atoms with van der Waals surface area (Å²) in [6, 6.07) is 8.21. The molecule has 0 radical (unpaired) electrons. The van der Waals surface area contributed by atoms with Gasteiger partial charge in [-0.1, -0.05) is 17.7 Å². The molecule has 2 amide bonds. The van der Waals surface area contributed by atoms with E-state index in [1.165, 1.54) is 31.2 Å². The molecule has 8 nitrogen and oxygen atoms in total. The van der Waals surface area contributed by atoms with Crippen LogP contribution < -0.4 is 11.1 Å². The third-order valence-electron chi connectivity index (χ3n) is 5.49. The molecule has 0 aliphatic carbocycles. The summed E-state index contributed by atoms with van der Waals surface area (Å²) in [7, 11) is 0. The monoisotopic (exact) mass is 545 g/mol. The predicted molar refractivity (Wildman–Crippen MR) is 124 cm³/mol. The highest BCUT2D eigenvalue weighted by molar-refractivity contribution is 6.33. The summed E-state index contributed by atoms with van der Waals surface area (Å²) in [5, 5.41) is 16.0. The smallest absolute Gasteiger partial charge is 0.383 e. The fourth-order valence-electron chi connectivity index (χ4n) is 3.39. The maximum Gasteiger partial charge on any atom is 0.420 e. The van der Waals surface area contributed by atoms with E-state index in [0.717, 1.165) is 29.1 Å². The van der Waals surface area contributed by atoms with Crippen molar-refractivity contribution in [2.45, 2.75) is 18.7 Å². The Bertz CT molecular complexity index is 1280. The van der Waals surface area contributed by atoms with Gasteiger partial charge in [-0.15, -0.1) is 0 Å². The number of anilines is 1. The standard InChI is InChI=1S/C23H21ClF5N5O3/c1-2-33(21(36)18-16(24)4-3-5-17(18)26)12-22(37,23(27,28)29)11-31-20(35)15-10-32-34(19(15)30)14-8-6-13(25)7-9-14/h3-10,37H,2,11-12,30H2,1H3,(H,31,35). The second kappa shape index (κ2) is 10.7. The first kappa shape index (κ1) is 27.9. The van der Waals surface area contributed by atoms with E-state index in [0.29, 0.717) is 4.90 Å². The van der Waals surface area contributed by atoms with Crippen molar-refractivity contribution in [3.8, 4) is 5.69 Å². The summed E-state index contributed by atoms with van der Waals surface area (Å²) in [4.78, 5) is 25.9. The molecule has 1 unspecified atom stereocenters. The number of amides is 2. The Morgan fingerprint density at radius 3 is 2.38 bits per heavy atom. The van der Waals surface area contributed by atoms with Crippen LogP contribution in [0.3, 0.4) is 0 Å². The topological polar surface area (TPSA) is 113 Å². The van der Waals surface area contributed by atoms with Crippen molar-refractivity contribution in [2.24, 2.45) is 0 Å². The molecule has 1 atom stereocenters. The average Bonchev–Trinajstić information content (AvgIpc) is 3.21. The van der Waals surface area contributed by atoms with Crippen LogP contribution in [0.1, 0.15) is 27.6 Å². The van der Waals surface area contributed by atoms with Gasteiger partial charge in [-0.3, -0.25) is 9.59 Å². The second-order valence-electron chi connectivity index (χ2n) is 7.96. The van der Waals surface area contributed by atoms with Crippen molar-refractivity contribution in [2.75, 3.05) is 25.4 Å². The molecule has 0 bridgehead atoms. The van der Waals surface area contributed by atoms with E-state index in [9.17, 15) is 36.6 Å². The van der Waals surface area contributed by atoms with Gasteiger partial charge in [-0.2, -0.15) is 18.3 Å². The molecule has 0 aliphatic heterocycles. The highest BCUT2D eigenvalue weighted by Crippen LogP contribution is 2.32. The van der Waals surface area contributed by atoms with Gasteiger partial charge in [0.1, 0.15) is 23.0 Å². The molecular formula is C23H21ClF5N5O3. The van der Waals surface area contributed by atoms with Gasteiger partial charge in [0.05, 0.1) is 35.6 Å².